The Morgan fingerprint density at radius 2 is 1.90 bits per heavy atom. The number of amides is 2. The lowest BCUT2D eigenvalue weighted by atomic mass is 10.2. The van der Waals surface area contributed by atoms with Crippen molar-refractivity contribution in [3.8, 4) is 0 Å². The average Bonchev–Trinajstić information content (AvgIpc) is 2.68. The van der Waals surface area contributed by atoms with Crippen LogP contribution in [-0.2, 0) is 16.2 Å². The zero-order valence-corrected chi connectivity index (χ0v) is 16.8. The second-order valence-electron chi connectivity index (χ2n) is 5.76. The summed E-state index contributed by atoms with van der Waals surface area (Å²) in [5, 5.41) is 5.68. The number of nitrogens with zero attached hydrogens (tertiary/aromatic N) is 3. The number of rotatable bonds is 5. The summed E-state index contributed by atoms with van der Waals surface area (Å²) >= 11 is 5.53. The van der Waals surface area contributed by atoms with E-state index in [0.717, 1.165) is 36.6 Å². The number of nitrogens with one attached hydrogen (secondary N) is 1. The molecule has 0 saturated carbocycles. The molecule has 5 N–H and O–H groups in total. The SMILES string of the molecule is CN(C(=O)Nc1ccc(Cl)c(C(F)(F)F)c1)S(=O)(=O)c1cccc(N(N)/C=N\N)c1. The first-order valence-electron chi connectivity index (χ1n) is 7.92. The van der Waals surface area contributed by atoms with Crippen molar-refractivity contribution >= 4 is 45.4 Å². The number of alkyl halides is 3. The number of benzene rings is 2. The molecular formula is C16H16ClF3N6O3S. The lowest BCUT2D eigenvalue weighted by Gasteiger charge is -2.20. The highest BCUT2D eigenvalue weighted by Gasteiger charge is 2.34. The Bertz CT molecular complexity index is 1080. The van der Waals surface area contributed by atoms with Crippen LogP contribution < -0.4 is 22.0 Å². The molecule has 0 heterocycles. The predicted octanol–water partition coefficient (Wildman–Crippen LogP) is 2.79. The van der Waals surface area contributed by atoms with Crippen molar-refractivity contribution in [2.24, 2.45) is 16.8 Å². The summed E-state index contributed by atoms with van der Waals surface area (Å²) in [5.41, 5.74) is -1.27. The topological polar surface area (TPSA) is 134 Å². The standard InChI is InChI=1S/C16H16ClF3N6O3S/c1-25(15(27)24-10-5-6-14(17)13(7-10)16(18,19)20)30(28,29)12-4-2-3-11(8-12)26(22)9-23-21/h2-9H,21-22H2,1H3,(H,24,27)/b23-9-. The second kappa shape index (κ2) is 8.77. The molecule has 0 fully saturated rings. The summed E-state index contributed by atoms with van der Waals surface area (Å²) in [6.45, 7) is 0. The van der Waals surface area contributed by atoms with Gasteiger partial charge in [-0.3, -0.25) is 5.01 Å². The Kier molecular flexibility index (Phi) is 6.80. The number of halogens is 4. The molecule has 0 unspecified atom stereocenters. The van der Waals surface area contributed by atoms with Gasteiger partial charge in [0.2, 0.25) is 0 Å². The number of hydrazine groups is 1. The van der Waals surface area contributed by atoms with Gasteiger partial charge in [0.25, 0.3) is 10.0 Å². The van der Waals surface area contributed by atoms with E-state index >= 15 is 0 Å². The minimum atomic E-state index is -4.75. The number of anilines is 2. The van der Waals surface area contributed by atoms with Gasteiger partial charge in [-0.25, -0.2) is 23.4 Å². The highest BCUT2D eigenvalue weighted by molar-refractivity contribution is 7.89. The van der Waals surface area contributed by atoms with Crippen LogP contribution >= 0.6 is 11.6 Å². The Hall–Kier alpha value is -3.03. The van der Waals surface area contributed by atoms with Crippen LogP contribution in [0.1, 0.15) is 5.56 Å². The van der Waals surface area contributed by atoms with Crippen molar-refractivity contribution in [2.75, 3.05) is 17.4 Å². The van der Waals surface area contributed by atoms with Gasteiger partial charge in [0.1, 0.15) is 6.34 Å². The molecule has 2 aromatic carbocycles. The molecule has 162 valence electrons. The number of carbonyl (C=O) groups is 1. The van der Waals surface area contributed by atoms with E-state index in [1.165, 1.54) is 18.2 Å². The maximum atomic E-state index is 13.0. The first-order chi connectivity index (χ1) is 13.9. The van der Waals surface area contributed by atoms with Gasteiger partial charge < -0.3 is 11.2 Å². The number of hydrogen-bond donors (Lipinski definition) is 3. The molecule has 14 heteroatoms. The molecule has 0 radical (unpaired) electrons. The maximum Gasteiger partial charge on any atom is 0.417 e. The van der Waals surface area contributed by atoms with E-state index in [2.05, 4.69) is 10.4 Å². The smallest absolute Gasteiger partial charge is 0.322 e. The van der Waals surface area contributed by atoms with Crippen molar-refractivity contribution < 1.29 is 26.4 Å². The van der Waals surface area contributed by atoms with Crippen molar-refractivity contribution in [1.82, 2.24) is 4.31 Å². The molecule has 2 rings (SSSR count). The third-order valence-corrected chi connectivity index (χ3v) is 5.84. The van der Waals surface area contributed by atoms with Crippen LogP contribution in [0.3, 0.4) is 0 Å². The normalized spacial score (nSPS) is 12.1. The lowest BCUT2D eigenvalue weighted by molar-refractivity contribution is -0.137. The van der Waals surface area contributed by atoms with E-state index in [0.29, 0.717) is 10.4 Å². The van der Waals surface area contributed by atoms with Gasteiger partial charge in [-0.2, -0.15) is 18.3 Å². The van der Waals surface area contributed by atoms with Gasteiger partial charge in [-0.1, -0.05) is 17.7 Å². The molecule has 0 saturated heterocycles. The van der Waals surface area contributed by atoms with Crippen molar-refractivity contribution in [2.45, 2.75) is 11.1 Å². The van der Waals surface area contributed by atoms with Crippen LogP contribution in [0.5, 0.6) is 0 Å². The van der Waals surface area contributed by atoms with E-state index in [1.807, 2.05) is 0 Å². The lowest BCUT2D eigenvalue weighted by Crippen LogP contribution is -2.37. The fourth-order valence-corrected chi connectivity index (χ4v) is 3.56. The van der Waals surface area contributed by atoms with Crippen LogP contribution in [0.4, 0.5) is 29.3 Å². The van der Waals surface area contributed by atoms with Gasteiger partial charge in [-0.15, -0.1) is 0 Å². The molecule has 0 spiro atoms. The first kappa shape index (κ1) is 23.3. The summed E-state index contributed by atoms with van der Waals surface area (Å²) < 4.78 is 64.7. The third kappa shape index (κ3) is 5.11. The van der Waals surface area contributed by atoms with Gasteiger partial charge in [0.15, 0.2) is 0 Å². The number of sulfonamides is 1. The van der Waals surface area contributed by atoms with Crippen LogP contribution in [0.15, 0.2) is 52.5 Å². The molecule has 0 aliphatic carbocycles. The number of carbonyl (C=O) groups excluding carboxylic acids is 1. The molecule has 0 atom stereocenters. The number of hydrazone groups is 1. The Balaban J connectivity index is 2.29. The fraction of sp³-hybridized carbons (Fsp3) is 0.125. The van der Waals surface area contributed by atoms with E-state index in [4.69, 9.17) is 23.3 Å². The number of hydrogen-bond acceptors (Lipinski definition) is 6. The van der Waals surface area contributed by atoms with E-state index < -0.39 is 32.8 Å². The Labute approximate surface area is 174 Å². The van der Waals surface area contributed by atoms with Crippen LogP contribution in [-0.4, -0.2) is 32.1 Å². The van der Waals surface area contributed by atoms with Crippen molar-refractivity contribution in [3.05, 3.63) is 53.1 Å². The Morgan fingerprint density at radius 3 is 2.50 bits per heavy atom. The van der Waals surface area contributed by atoms with Crippen LogP contribution in [0.25, 0.3) is 0 Å². The quantitative estimate of drug-likeness (QED) is 0.269. The van der Waals surface area contributed by atoms with Crippen molar-refractivity contribution in [3.63, 3.8) is 0 Å². The van der Waals surface area contributed by atoms with Crippen LogP contribution in [0, 0.1) is 0 Å². The molecule has 2 amide bonds. The van der Waals surface area contributed by atoms with Gasteiger partial charge in [0.05, 0.1) is 21.2 Å². The minimum Gasteiger partial charge on any atom is -0.322 e. The molecule has 0 aromatic heterocycles. The summed E-state index contributed by atoms with van der Waals surface area (Å²) in [6.07, 6.45) is -3.72. The first-order valence-corrected chi connectivity index (χ1v) is 9.73. The highest BCUT2D eigenvalue weighted by Crippen LogP contribution is 2.36. The zero-order chi connectivity index (χ0) is 22.7. The molecule has 0 bridgehead atoms. The third-order valence-electron chi connectivity index (χ3n) is 3.77. The second-order valence-corrected chi connectivity index (χ2v) is 8.14. The van der Waals surface area contributed by atoms with E-state index in [-0.39, 0.29) is 16.3 Å². The number of nitrogens with two attached hydrogens (primary N) is 2. The maximum absolute atomic E-state index is 13.0. The van der Waals surface area contributed by atoms with Gasteiger partial charge in [-0.05, 0) is 36.4 Å². The summed E-state index contributed by atoms with van der Waals surface area (Å²) in [6, 6.07) is 6.65. The summed E-state index contributed by atoms with van der Waals surface area (Å²) in [5.74, 6) is 10.6. The monoisotopic (exact) mass is 464 g/mol. The molecule has 9 nitrogen and oxygen atoms in total. The van der Waals surface area contributed by atoms with Gasteiger partial charge >= 0.3 is 12.2 Å². The van der Waals surface area contributed by atoms with Crippen LogP contribution in [0.2, 0.25) is 5.02 Å². The summed E-state index contributed by atoms with van der Waals surface area (Å²) in [7, 11) is -3.42. The average molecular weight is 465 g/mol. The zero-order valence-electron chi connectivity index (χ0n) is 15.3. The predicted molar refractivity (Wildman–Crippen MR) is 106 cm³/mol. The highest BCUT2D eigenvalue weighted by atomic mass is 35.5. The van der Waals surface area contributed by atoms with E-state index in [1.54, 1.807) is 0 Å². The fourth-order valence-electron chi connectivity index (χ4n) is 2.23. The molecule has 30 heavy (non-hydrogen) atoms. The molecule has 0 aliphatic rings. The minimum absolute atomic E-state index is 0.201. The molecule has 2 aromatic rings. The molecular weight excluding hydrogens is 449 g/mol. The largest absolute Gasteiger partial charge is 0.417 e. The van der Waals surface area contributed by atoms with E-state index in [9.17, 15) is 26.4 Å². The van der Waals surface area contributed by atoms with Crippen molar-refractivity contribution in [1.29, 1.82) is 0 Å². The Morgan fingerprint density at radius 1 is 1.23 bits per heavy atom. The van der Waals surface area contributed by atoms with Gasteiger partial charge in [0, 0.05) is 12.7 Å². The summed E-state index contributed by atoms with van der Waals surface area (Å²) in [4.78, 5) is 12.0. The number of urea groups is 1. The molecule has 0 aliphatic heterocycles.